The molecule has 2 saturated heterocycles. The second-order valence-electron chi connectivity index (χ2n) is 7.86. The number of nitrogens with zero attached hydrogens (tertiary/aromatic N) is 2. The first kappa shape index (κ1) is 19.2. The van der Waals surface area contributed by atoms with Crippen LogP contribution in [0, 0.1) is 5.92 Å². The van der Waals surface area contributed by atoms with Crippen LogP contribution < -0.4 is 10.6 Å². The molecule has 26 heavy (non-hydrogen) atoms. The largest absolute Gasteiger partial charge is 0.469 e. The molecule has 2 N–H and O–H groups in total. The molecule has 3 heterocycles. The number of nitrogens with one attached hydrogen (secondary N) is 2. The molecule has 2 fully saturated rings. The molecule has 6 heteroatoms. The maximum Gasteiger partial charge on any atom is 0.191 e. The average molecular weight is 363 g/mol. The zero-order chi connectivity index (χ0) is 18.4. The molecule has 3 rings (SSSR count). The van der Waals surface area contributed by atoms with Gasteiger partial charge < -0.3 is 19.8 Å². The lowest BCUT2D eigenvalue weighted by atomic mass is 10.1. The Bertz CT molecular complexity index is 552. The SMILES string of the molecule is CC1CN(C(C)C)CC1NC(=NCC1CCCO1)NCCc1ccco1. The van der Waals surface area contributed by atoms with E-state index in [-0.39, 0.29) is 6.10 Å². The molecule has 0 aliphatic carbocycles. The van der Waals surface area contributed by atoms with Crippen LogP contribution in [0.5, 0.6) is 0 Å². The van der Waals surface area contributed by atoms with Crippen LogP contribution in [0.1, 0.15) is 39.4 Å². The van der Waals surface area contributed by atoms with Crippen molar-refractivity contribution in [1.29, 1.82) is 0 Å². The predicted octanol–water partition coefficient (Wildman–Crippen LogP) is 2.26. The summed E-state index contributed by atoms with van der Waals surface area (Å²) in [5.74, 6) is 2.50. The zero-order valence-electron chi connectivity index (χ0n) is 16.4. The third-order valence-corrected chi connectivity index (χ3v) is 5.41. The number of likely N-dealkylation sites (tertiary alicyclic amines) is 1. The van der Waals surface area contributed by atoms with Gasteiger partial charge in [0.1, 0.15) is 5.76 Å². The van der Waals surface area contributed by atoms with Gasteiger partial charge in [-0.2, -0.15) is 0 Å². The van der Waals surface area contributed by atoms with E-state index in [2.05, 4.69) is 36.3 Å². The van der Waals surface area contributed by atoms with Gasteiger partial charge in [-0.25, -0.2) is 0 Å². The van der Waals surface area contributed by atoms with Crippen molar-refractivity contribution in [2.75, 3.05) is 32.8 Å². The van der Waals surface area contributed by atoms with Crippen molar-refractivity contribution in [2.24, 2.45) is 10.9 Å². The summed E-state index contributed by atoms with van der Waals surface area (Å²) in [5, 5.41) is 7.14. The highest BCUT2D eigenvalue weighted by atomic mass is 16.5. The standard InChI is InChI=1S/C20H34N4O2/c1-15(2)24-13-16(3)19(14-24)23-20(22-12-18-7-5-11-26-18)21-9-8-17-6-4-10-25-17/h4,6,10,15-16,18-19H,5,7-9,11-14H2,1-3H3,(H2,21,22,23). The lowest BCUT2D eigenvalue weighted by molar-refractivity contribution is 0.117. The predicted molar refractivity (Wildman–Crippen MR) is 104 cm³/mol. The van der Waals surface area contributed by atoms with Crippen LogP contribution in [0.3, 0.4) is 0 Å². The summed E-state index contributed by atoms with van der Waals surface area (Å²) in [5.41, 5.74) is 0. The number of furan rings is 1. The average Bonchev–Trinajstić information content (AvgIpc) is 3.35. The molecule has 0 radical (unpaired) electrons. The molecule has 1 aromatic rings. The Kier molecular flexibility index (Phi) is 6.97. The number of aliphatic imine (C=N–C) groups is 1. The Hall–Kier alpha value is -1.53. The molecule has 146 valence electrons. The summed E-state index contributed by atoms with van der Waals surface area (Å²) in [6.07, 6.45) is 5.11. The highest BCUT2D eigenvalue weighted by Crippen LogP contribution is 2.18. The number of hydrogen-bond donors (Lipinski definition) is 2. The number of guanidine groups is 1. The van der Waals surface area contributed by atoms with Crippen LogP contribution in [-0.4, -0.2) is 61.8 Å². The first-order chi connectivity index (χ1) is 12.6. The van der Waals surface area contributed by atoms with Gasteiger partial charge in [0.25, 0.3) is 0 Å². The first-order valence-electron chi connectivity index (χ1n) is 10.0. The van der Waals surface area contributed by atoms with Crippen molar-refractivity contribution in [3.63, 3.8) is 0 Å². The maximum absolute atomic E-state index is 5.72. The minimum atomic E-state index is 0.270. The van der Waals surface area contributed by atoms with E-state index in [1.54, 1.807) is 6.26 Å². The summed E-state index contributed by atoms with van der Waals surface area (Å²) in [6, 6.07) is 4.96. The van der Waals surface area contributed by atoms with E-state index in [9.17, 15) is 0 Å². The lowest BCUT2D eigenvalue weighted by Crippen LogP contribution is -2.47. The Morgan fingerprint density at radius 3 is 2.92 bits per heavy atom. The molecule has 0 amide bonds. The highest BCUT2D eigenvalue weighted by Gasteiger charge is 2.31. The maximum atomic E-state index is 5.72. The van der Waals surface area contributed by atoms with Gasteiger partial charge in [0.05, 0.1) is 18.9 Å². The zero-order valence-corrected chi connectivity index (χ0v) is 16.4. The van der Waals surface area contributed by atoms with Crippen LogP contribution in [-0.2, 0) is 11.2 Å². The fourth-order valence-electron chi connectivity index (χ4n) is 3.68. The van der Waals surface area contributed by atoms with Crippen molar-refractivity contribution in [3.05, 3.63) is 24.2 Å². The van der Waals surface area contributed by atoms with Gasteiger partial charge in [-0.1, -0.05) is 6.92 Å². The quantitative estimate of drug-likeness (QED) is 0.575. The summed E-state index contributed by atoms with van der Waals surface area (Å²) >= 11 is 0. The molecular weight excluding hydrogens is 328 g/mol. The molecule has 2 aliphatic rings. The van der Waals surface area contributed by atoms with Gasteiger partial charge in [0, 0.05) is 44.7 Å². The van der Waals surface area contributed by atoms with Crippen molar-refractivity contribution in [2.45, 2.75) is 58.2 Å². The van der Waals surface area contributed by atoms with Crippen LogP contribution in [0.2, 0.25) is 0 Å². The second kappa shape index (κ2) is 9.42. The van der Waals surface area contributed by atoms with Gasteiger partial charge >= 0.3 is 0 Å². The Labute approximate surface area is 157 Å². The third kappa shape index (κ3) is 5.48. The van der Waals surface area contributed by atoms with Crippen LogP contribution in [0.4, 0.5) is 0 Å². The summed E-state index contributed by atoms with van der Waals surface area (Å²) < 4.78 is 11.1. The van der Waals surface area contributed by atoms with Crippen molar-refractivity contribution >= 4 is 5.96 Å². The number of rotatable bonds is 7. The van der Waals surface area contributed by atoms with Crippen molar-refractivity contribution in [1.82, 2.24) is 15.5 Å². The molecular formula is C20H34N4O2. The molecule has 1 aromatic heterocycles. The third-order valence-electron chi connectivity index (χ3n) is 5.41. The number of ether oxygens (including phenoxy) is 1. The van der Waals surface area contributed by atoms with E-state index in [4.69, 9.17) is 14.1 Å². The van der Waals surface area contributed by atoms with Gasteiger partial charge in [0.2, 0.25) is 0 Å². The molecule has 0 saturated carbocycles. The van der Waals surface area contributed by atoms with E-state index in [0.29, 0.717) is 18.0 Å². The monoisotopic (exact) mass is 362 g/mol. The fraction of sp³-hybridized carbons (Fsp3) is 0.750. The first-order valence-corrected chi connectivity index (χ1v) is 10.0. The van der Waals surface area contributed by atoms with E-state index in [1.165, 1.54) is 0 Å². The molecule has 0 bridgehead atoms. The van der Waals surface area contributed by atoms with Gasteiger partial charge in [-0.15, -0.1) is 0 Å². The van der Waals surface area contributed by atoms with Crippen molar-refractivity contribution < 1.29 is 9.15 Å². The minimum Gasteiger partial charge on any atom is -0.469 e. The summed E-state index contributed by atoms with van der Waals surface area (Å²) in [7, 11) is 0. The van der Waals surface area contributed by atoms with Gasteiger partial charge in [-0.3, -0.25) is 9.89 Å². The molecule has 0 aromatic carbocycles. The Balaban J connectivity index is 1.55. The van der Waals surface area contributed by atoms with E-state index >= 15 is 0 Å². The molecule has 6 nitrogen and oxygen atoms in total. The topological polar surface area (TPSA) is 62.0 Å². The Morgan fingerprint density at radius 1 is 1.38 bits per heavy atom. The molecule has 2 aliphatic heterocycles. The Morgan fingerprint density at radius 2 is 2.27 bits per heavy atom. The lowest BCUT2D eigenvalue weighted by Gasteiger charge is -2.22. The molecule has 0 spiro atoms. The summed E-state index contributed by atoms with van der Waals surface area (Å²) in [6.45, 7) is 11.5. The molecule has 3 atom stereocenters. The van der Waals surface area contributed by atoms with Crippen LogP contribution in [0.25, 0.3) is 0 Å². The van der Waals surface area contributed by atoms with Crippen LogP contribution in [0.15, 0.2) is 27.8 Å². The fourth-order valence-corrected chi connectivity index (χ4v) is 3.68. The smallest absolute Gasteiger partial charge is 0.191 e. The second-order valence-corrected chi connectivity index (χ2v) is 7.86. The van der Waals surface area contributed by atoms with Crippen molar-refractivity contribution in [3.8, 4) is 0 Å². The van der Waals surface area contributed by atoms with E-state index in [0.717, 1.165) is 63.8 Å². The summed E-state index contributed by atoms with van der Waals surface area (Å²) in [4.78, 5) is 7.34. The highest BCUT2D eigenvalue weighted by molar-refractivity contribution is 5.80. The number of hydrogen-bond acceptors (Lipinski definition) is 4. The van der Waals surface area contributed by atoms with Gasteiger partial charge in [0.15, 0.2) is 5.96 Å². The van der Waals surface area contributed by atoms with Crippen LogP contribution >= 0.6 is 0 Å². The minimum absolute atomic E-state index is 0.270. The van der Waals surface area contributed by atoms with E-state index < -0.39 is 0 Å². The molecule has 3 unspecified atom stereocenters. The van der Waals surface area contributed by atoms with Gasteiger partial charge in [-0.05, 0) is 44.7 Å². The van der Waals surface area contributed by atoms with E-state index in [1.807, 2.05) is 12.1 Å². The normalized spacial score (nSPS) is 27.4.